The zero-order valence-corrected chi connectivity index (χ0v) is 25.2. The number of aryl methyl sites for hydroxylation is 2. The molecule has 4 rings (SSSR count). The Morgan fingerprint density at radius 2 is 1.51 bits per heavy atom. The zero-order valence-electron chi connectivity index (χ0n) is 24.4. The number of carbonyl (C=O) groups is 2. The molecule has 230 valence electrons. The van der Waals surface area contributed by atoms with E-state index in [1.807, 2.05) is 31.2 Å². The fourth-order valence-electron chi connectivity index (χ4n) is 5.07. The highest BCUT2D eigenvalue weighted by atomic mass is 32.2. The van der Waals surface area contributed by atoms with Crippen molar-refractivity contribution in [1.82, 2.24) is 10.2 Å². The van der Waals surface area contributed by atoms with Crippen LogP contribution in [0.3, 0.4) is 0 Å². The van der Waals surface area contributed by atoms with Gasteiger partial charge in [-0.15, -0.1) is 0 Å². The Kier molecular flexibility index (Phi) is 9.84. The molecule has 3 aromatic carbocycles. The first-order valence-corrected chi connectivity index (χ1v) is 15.6. The van der Waals surface area contributed by atoms with Crippen LogP contribution in [0.5, 0.6) is 0 Å². The number of nitrogens with zero attached hydrogens (tertiary/aromatic N) is 2. The summed E-state index contributed by atoms with van der Waals surface area (Å²) in [6, 6.07) is 16.0. The summed E-state index contributed by atoms with van der Waals surface area (Å²) in [6.45, 7) is 4.43. The van der Waals surface area contributed by atoms with Crippen molar-refractivity contribution in [1.29, 1.82) is 0 Å². The van der Waals surface area contributed by atoms with Crippen LogP contribution in [0.15, 0.2) is 77.7 Å². The Bertz CT molecular complexity index is 1540. The van der Waals surface area contributed by atoms with E-state index in [0.29, 0.717) is 15.9 Å². The van der Waals surface area contributed by atoms with Crippen molar-refractivity contribution in [2.75, 3.05) is 10.8 Å². The van der Waals surface area contributed by atoms with E-state index >= 15 is 0 Å². The van der Waals surface area contributed by atoms with Crippen LogP contribution in [0.25, 0.3) is 0 Å². The average Bonchev–Trinajstić information content (AvgIpc) is 3.48. The summed E-state index contributed by atoms with van der Waals surface area (Å²) >= 11 is 0. The number of carbonyl (C=O) groups excluding carboxylic acids is 2. The number of rotatable bonds is 10. The number of benzene rings is 3. The third kappa shape index (κ3) is 7.95. The maximum atomic E-state index is 14.0. The van der Waals surface area contributed by atoms with Crippen LogP contribution < -0.4 is 9.62 Å². The van der Waals surface area contributed by atoms with Crippen molar-refractivity contribution in [2.45, 2.75) is 76.2 Å². The highest BCUT2D eigenvalue weighted by molar-refractivity contribution is 7.92. The minimum absolute atomic E-state index is 0.000618. The molecule has 0 saturated heterocycles. The topological polar surface area (TPSA) is 86.8 Å². The minimum Gasteiger partial charge on any atom is -0.352 e. The Morgan fingerprint density at radius 3 is 2.09 bits per heavy atom. The SMILES string of the molecule is Cc1ccc(CN(C(=O)CN(c2cccc(C(F)(F)F)c2)S(=O)(=O)c2ccc(C)cc2)[C@H](C)C(=O)NC2CCCC2)cc1. The predicted octanol–water partition coefficient (Wildman–Crippen LogP) is 5.99. The van der Waals surface area contributed by atoms with Gasteiger partial charge in [0.1, 0.15) is 12.6 Å². The van der Waals surface area contributed by atoms with Crippen LogP contribution in [0, 0.1) is 13.8 Å². The van der Waals surface area contributed by atoms with Gasteiger partial charge in [-0.05, 0) is 69.5 Å². The van der Waals surface area contributed by atoms with Crippen molar-refractivity contribution in [2.24, 2.45) is 0 Å². The van der Waals surface area contributed by atoms with E-state index in [4.69, 9.17) is 0 Å². The normalized spacial score (nSPS) is 14.7. The van der Waals surface area contributed by atoms with Gasteiger partial charge in [-0.25, -0.2) is 8.42 Å². The lowest BCUT2D eigenvalue weighted by Crippen LogP contribution is -2.52. The molecule has 0 unspecified atom stereocenters. The molecule has 7 nitrogen and oxygen atoms in total. The van der Waals surface area contributed by atoms with Crippen LogP contribution in [-0.4, -0.2) is 43.8 Å². The molecule has 1 atom stereocenters. The van der Waals surface area contributed by atoms with Gasteiger partial charge in [0.25, 0.3) is 10.0 Å². The third-order valence-electron chi connectivity index (χ3n) is 7.69. The van der Waals surface area contributed by atoms with E-state index in [0.717, 1.165) is 48.9 Å². The Morgan fingerprint density at radius 1 is 0.930 bits per heavy atom. The monoisotopic (exact) mass is 615 g/mol. The van der Waals surface area contributed by atoms with E-state index in [1.165, 1.54) is 23.1 Å². The molecule has 0 aliphatic heterocycles. The number of hydrogen-bond acceptors (Lipinski definition) is 4. The van der Waals surface area contributed by atoms with E-state index in [9.17, 15) is 31.2 Å². The predicted molar refractivity (Wildman–Crippen MR) is 159 cm³/mol. The average molecular weight is 616 g/mol. The number of alkyl halides is 3. The number of sulfonamides is 1. The van der Waals surface area contributed by atoms with Crippen LogP contribution in [0.4, 0.5) is 18.9 Å². The summed E-state index contributed by atoms with van der Waals surface area (Å²) in [5.41, 5.74) is 1.12. The Labute approximate surface area is 250 Å². The van der Waals surface area contributed by atoms with Gasteiger partial charge in [0.2, 0.25) is 11.8 Å². The van der Waals surface area contributed by atoms with Gasteiger partial charge in [0.15, 0.2) is 0 Å². The van der Waals surface area contributed by atoms with Gasteiger partial charge in [-0.3, -0.25) is 13.9 Å². The lowest BCUT2D eigenvalue weighted by Gasteiger charge is -2.32. The largest absolute Gasteiger partial charge is 0.416 e. The van der Waals surface area contributed by atoms with Gasteiger partial charge >= 0.3 is 6.18 Å². The first-order valence-electron chi connectivity index (χ1n) is 14.2. The second-order valence-corrected chi connectivity index (χ2v) is 12.9. The van der Waals surface area contributed by atoms with Crippen molar-refractivity contribution < 1.29 is 31.2 Å². The number of hydrogen-bond donors (Lipinski definition) is 1. The van der Waals surface area contributed by atoms with Crippen molar-refractivity contribution in [3.63, 3.8) is 0 Å². The first-order chi connectivity index (χ1) is 20.3. The van der Waals surface area contributed by atoms with Crippen molar-refractivity contribution in [3.05, 3.63) is 95.1 Å². The molecule has 0 spiro atoms. The molecule has 43 heavy (non-hydrogen) atoms. The molecule has 11 heteroatoms. The maximum absolute atomic E-state index is 14.0. The second-order valence-electron chi connectivity index (χ2n) is 11.0. The highest BCUT2D eigenvalue weighted by Gasteiger charge is 2.35. The van der Waals surface area contributed by atoms with Gasteiger partial charge in [-0.2, -0.15) is 13.2 Å². The first kappa shape index (κ1) is 32.1. The molecule has 0 heterocycles. The quantitative estimate of drug-likeness (QED) is 0.304. The smallest absolute Gasteiger partial charge is 0.352 e. The lowest BCUT2D eigenvalue weighted by atomic mass is 10.1. The fraction of sp³-hybridized carbons (Fsp3) is 0.375. The summed E-state index contributed by atoms with van der Waals surface area (Å²) in [5.74, 6) is -1.11. The van der Waals surface area contributed by atoms with E-state index < -0.39 is 40.3 Å². The molecule has 0 radical (unpaired) electrons. The Hall–Kier alpha value is -3.86. The van der Waals surface area contributed by atoms with Crippen LogP contribution in [-0.2, 0) is 32.3 Å². The number of anilines is 1. The Balaban J connectivity index is 1.73. The molecule has 3 aromatic rings. The molecular weight excluding hydrogens is 579 g/mol. The molecule has 1 fully saturated rings. The highest BCUT2D eigenvalue weighted by Crippen LogP contribution is 2.33. The molecule has 1 aliphatic rings. The number of halogens is 3. The van der Waals surface area contributed by atoms with E-state index in [2.05, 4.69) is 5.32 Å². The van der Waals surface area contributed by atoms with Crippen LogP contribution >= 0.6 is 0 Å². The molecule has 2 amide bonds. The number of nitrogens with one attached hydrogen (secondary N) is 1. The summed E-state index contributed by atoms with van der Waals surface area (Å²) in [4.78, 5) is 28.4. The van der Waals surface area contributed by atoms with Gasteiger partial charge in [0.05, 0.1) is 16.1 Å². The van der Waals surface area contributed by atoms with Crippen LogP contribution in [0.2, 0.25) is 0 Å². The van der Waals surface area contributed by atoms with Gasteiger partial charge < -0.3 is 10.2 Å². The molecule has 0 aromatic heterocycles. The zero-order chi connectivity index (χ0) is 31.4. The summed E-state index contributed by atoms with van der Waals surface area (Å²) in [6.07, 6.45) is -1.07. The standard InChI is InChI=1S/C32H36F3N3O4S/c1-22-11-15-25(16-12-22)20-37(24(3)31(40)36-27-8-4-5-9-27)30(39)21-38(28-10-6-7-26(19-28)32(33,34)35)43(41,42)29-17-13-23(2)14-18-29/h6-7,10-19,24,27H,4-5,8-9,20-21H2,1-3H3,(H,36,40)/t24-/m1/s1. The minimum atomic E-state index is -4.73. The molecule has 0 bridgehead atoms. The summed E-state index contributed by atoms with van der Waals surface area (Å²) in [5, 5.41) is 2.99. The van der Waals surface area contributed by atoms with Gasteiger partial charge in [0, 0.05) is 12.6 Å². The van der Waals surface area contributed by atoms with Gasteiger partial charge in [-0.1, -0.05) is 66.4 Å². The van der Waals surface area contributed by atoms with E-state index in [1.54, 1.807) is 26.0 Å². The molecule has 1 aliphatic carbocycles. The number of amides is 2. The lowest BCUT2D eigenvalue weighted by molar-refractivity contribution is -0.139. The fourth-order valence-corrected chi connectivity index (χ4v) is 6.47. The van der Waals surface area contributed by atoms with Crippen LogP contribution in [0.1, 0.15) is 54.9 Å². The van der Waals surface area contributed by atoms with Crippen molar-refractivity contribution >= 4 is 27.5 Å². The summed E-state index contributed by atoms with van der Waals surface area (Å²) in [7, 11) is -4.49. The molecular formula is C32H36F3N3O4S. The van der Waals surface area contributed by atoms with E-state index in [-0.39, 0.29) is 29.1 Å². The molecule has 1 saturated carbocycles. The third-order valence-corrected chi connectivity index (χ3v) is 9.48. The second kappa shape index (κ2) is 13.2. The van der Waals surface area contributed by atoms with Crippen molar-refractivity contribution in [3.8, 4) is 0 Å². The maximum Gasteiger partial charge on any atom is 0.416 e. The molecule has 1 N–H and O–H groups in total. The summed E-state index contributed by atoms with van der Waals surface area (Å²) < 4.78 is 69.3.